The van der Waals surface area contributed by atoms with E-state index in [0.717, 1.165) is 0 Å². The molecule has 0 fully saturated rings. The Kier molecular flexibility index (Phi) is 4.88. The van der Waals surface area contributed by atoms with Gasteiger partial charge in [0.05, 0.1) is 24.7 Å². The first-order valence-electron chi connectivity index (χ1n) is 7.07. The maximum atomic E-state index is 12.5. The molecule has 0 saturated carbocycles. The molecule has 0 spiro atoms. The molecule has 0 aliphatic carbocycles. The van der Waals surface area contributed by atoms with Crippen LogP contribution in [-0.2, 0) is 10.0 Å². The number of hydrogen-bond acceptors (Lipinski definition) is 6. The summed E-state index contributed by atoms with van der Waals surface area (Å²) in [5.74, 6) is 0.835. The lowest BCUT2D eigenvalue weighted by Gasteiger charge is -2.11. The highest BCUT2D eigenvalue weighted by Gasteiger charge is 2.25. The molecule has 1 N–H and O–H groups in total. The van der Waals surface area contributed by atoms with E-state index in [1.165, 1.54) is 32.4 Å². The van der Waals surface area contributed by atoms with Crippen molar-refractivity contribution in [2.24, 2.45) is 0 Å². The summed E-state index contributed by atoms with van der Waals surface area (Å²) < 4.78 is 42.5. The highest BCUT2D eigenvalue weighted by atomic mass is 32.2. The van der Waals surface area contributed by atoms with Gasteiger partial charge >= 0.3 is 0 Å². The molecule has 24 heavy (non-hydrogen) atoms. The van der Waals surface area contributed by atoms with E-state index in [-0.39, 0.29) is 16.2 Å². The molecular weight excluding hydrogens is 334 g/mol. The molecule has 0 atom stereocenters. The predicted molar refractivity (Wildman–Crippen MR) is 87.1 cm³/mol. The van der Waals surface area contributed by atoms with Gasteiger partial charge in [0.15, 0.2) is 11.5 Å². The van der Waals surface area contributed by atoms with Crippen LogP contribution in [0.1, 0.15) is 27.4 Å². The van der Waals surface area contributed by atoms with Crippen LogP contribution < -0.4 is 14.2 Å². The molecule has 130 valence electrons. The second-order valence-corrected chi connectivity index (χ2v) is 6.85. The van der Waals surface area contributed by atoms with Crippen LogP contribution >= 0.6 is 0 Å². The Labute approximate surface area is 140 Å². The number of nitrogens with one attached hydrogen (secondary N) is 1. The van der Waals surface area contributed by atoms with Gasteiger partial charge in [-0.05, 0) is 32.9 Å². The minimum Gasteiger partial charge on any atom is -0.493 e. The van der Waals surface area contributed by atoms with Crippen LogP contribution in [-0.4, -0.2) is 28.5 Å². The number of benzene rings is 1. The molecule has 0 radical (unpaired) electrons. The van der Waals surface area contributed by atoms with Crippen molar-refractivity contribution in [3.8, 4) is 11.5 Å². The number of aryl methyl sites for hydroxylation is 2. The quantitative estimate of drug-likeness (QED) is 0.886. The number of sulfonamides is 1. The number of ether oxygens (including phenoxy) is 2. The maximum absolute atomic E-state index is 12.5. The van der Waals surface area contributed by atoms with Crippen molar-refractivity contribution < 1.29 is 27.1 Å². The Hall–Kier alpha value is -2.48. The van der Waals surface area contributed by atoms with Gasteiger partial charge in [0, 0.05) is 11.6 Å². The Balaban J connectivity index is 2.36. The lowest BCUT2D eigenvalue weighted by molar-refractivity contribution is 0.0979. The molecule has 1 amide bonds. The predicted octanol–water partition coefficient (Wildman–Crippen LogP) is 2.34. The van der Waals surface area contributed by atoms with Crippen molar-refractivity contribution >= 4 is 15.9 Å². The highest BCUT2D eigenvalue weighted by Crippen LogP contribution is 2.29. The van der Waals surface area contributed by atoms with Gasteiger partial charge in [0.1, 0.15) is 11.5 Å². The minimum atomic E-state index is -4.07. The van der Waals surface area contributed by atoms with Crippen molar-refractivity contribution in [1.82, 2.24) is 4.72 Å². The number of rotatable bonds is 5. The van der Waals surface area contributed by atoms with Crippen LogP contribution in [0.2, 0.25) is 0 Å². The maximum Gasteiger partial charge on any atom is 0.268 e. The Bertz CT molecular complexity index is 882. The lowest BCUT2D eigenvalue weighted by Crippen LogP contribution is -2.31. The molecule has 7 nitrogen and oxygen atoms in total. The fraction of sp³-hybridized carbons (Fsp3) is 0.312. The van der Waals surface area contributed by atoms with E-state index >= 15 is 0 Å². The summed E-state index contributed by atoms with van der Waals surface area (Å²) in [6.45, 7) is 5.02. The van der Waals surface area contributed by atoms with Crippen molar-refractivity contribution in [3.05, 3.63) is 40.8 Å². The molecule has 0 bridgehead atoms. The Morgan fingerprint density at radius 1 is 1.04 bits per heavy atom. The van der Waals surface area contributed by atoms with Crippen molar-refractivity contribution in [1.29, 1.82) is 0 Å². The first-order chi connectivity index (χ1) is 11.2. The van der Waals surface area contributed by atoms with Gasteiger partial charge in [0.25, 0.3) is 15.9 Å². The van der Waals surface area contributed by atoms with Gasteiger partial charge in [-0.25, -0.2) is 13.1 Å². The van der Waals surface area contributed by atoms with Crippen LogP contribution in [0.15, 0.2) is 27.5 Å². The van der Waals surface area contributed by atoms with E-state index in [9.17, 15) is 13.2 Å². The van der Waals surface area contributed by atoms with E-state index in [2.05, 4.69) is 0 Å². The van der Waals surface area contributed by atoms with Crippen molar-refractivity contribution in [2.45, 2.75) is 25.7 Å². The number of furan rings is 1. The van der Waals surface area contributed by atoms with Gasteiger partial charge < -0.3 is 13.9 Å². The normalized spacial score (nSPS) is 11.2. The molecule has 0 aliphatic heterocycles. The zero-order valence-electron chi connectivity index (χ0n) is 14.1. The summed E-state index contributed by atoms with van der Waals surface area (Å²) in [5, 5.41) is 0. The topological polar surface area (TPSA) is 94.8 Å². The zero-order chi connectivity index (χ0) is 18.1. The molecule has 2 aromatic rings. The summed E-state index contributed by atoms with van der Waals surface area (Å²) in [5.41, 5.74) is 0.823. The van der Waals surface area contributed by atoms with E-state index in [0.29, 0.717) is 22.8 Å². The number of carbonyl (C=O) groups excluding carboxylic acids is 1. The molecule has 1 aromatic carbocycles. The van der Waals surface area contributed by atoms with Gasteiger partial charge in [-0.3, -0.25) is 4.79 Å². The molecule has 0 saturated heterocycles. The van der Waals surface area contributed by atoms with Gasteiger partial charge in [0.2, 0.25) is 0 Å². The SMILES string of the molecule is COc1ccc(S(=O)(=O)NC(=O)c2c(C)oc(C)c2C)cc1OC. The summed E-state index contributed by atoms with van der Waals surface area (Å²) in [6.07, 6.45) is 0. The monoisotopic (exact) mass is 353 g/mol. The number of methoxy groups -OCH3 is 2. The smallest absolute Gasteiger partial charge is 0.268 e. The third kappa shape index (κ3) is 3.23. The number of carbonyl (C=O) groups is 1. The molecule has 8 heteroatoms. The van der Waals surface area contributed by atoms with Crippen LogP contribution in [0.3, 0.4) is 0 Å². The third-order valence-electron chi connectivity index (χ3n) is 3.68. The van der Waals surface area contributed by atoms with Crippen molar-refractivity contribution in [3.63, 3.8) is 0 Å². The summed E-state index contributed by atoms with van der Waals surface area (Å²) in [7, 11) is -1.22. The average molecular weight is 353 g/mol. The van der Waals surface area contributed by atoms with Crippen LogP contribution in [0, 0.1) is 20.8 Å². The standard InChI is InChI=1S/C16H19NO6S/c1-9-10(2)23-11(3)15(9)16(18)17-24(19,20)12-6-7-13(21-4)14(8-12)22-5/h6-8H,1-5H3,(H,17,18). The van der Waals surface area contributed by atoms with E-state index in [1.807, 2.05) is 4.72 Å². The number of hydrogen-bond donors (Lipinski definition) is 1. The average Bonchev–Trinajstić information content (AvgIpc) is 2.78. The fourth-order valence-electron chi connectivity index (χ4n) is 2.34. The van der Waals surface area contributed by atoms with Crippen molar-refractivity contribution in [2.75, 3.05) is 14.2 Å². The summed E-state index contributed by atoms with van der Waals surface area (Å²) >= 11 is 0. The minimum absolute atomic E-state index is 0.107. The Morgan fingerprint density at radius 2 is 1.67 bits per heavy atom. The fourth-order valence-corrected chi connectivity index (χ4v) is 3.32. The molecule has 2 rings (SSSR count). The van der Waals surface area contributed by atoms with E-state index < -0.39 is 15.9 Å². The first kappa shape index (κ1) is 17.9. The Morgan fingerprint density at radius 3 is 2.17 bits per heavy atom. The summed E-state index contributed by atoms with van der Waals surface area (Å²) in [4.78, 5) is 12.3. The first-order valence-corrected chi connectivity index (χ1v) is 8.55. The lowest BCUT2D eigenvalue weighted by atomic mass is 10.1. The second-order valence-electron chi connectivity index (χ2n) is 5.17. The van der Waals surface area contributed by atoms with Crippen LogP contribution in [0.5, 0.6) is 11.5 Å². The molecule has 1 aromatic heterocycles. The third-order valence-corrected chi connectivity index (χ3v) is 5.01. The van der Waals surface area contributed by atoms with Gasteiger partial charge in [-0.1, -0.05) is 0 Å². The van der Waals surface area contributed by atoms with Crippen LogP contribution in [0.4, 0.5) is 0 Å². The van der Waals surface area contributed by atoms with Gasteiger partial charge in [-0.15, -0.1) is 0 Å². The van der Waals surface area contributed by atoms with E-state index in [4.69, 9.17) is 13.9 Å². The molecular formula is C16H19NO6S. The zero-order valence-corrected chi connectivity index (χ0v) is 14.9. The largest absolute Gasteiger partial charge is 0.493 e. The van der Waals surface area contributed by atoms with Crippen LogP contribution in [0.25, 0.3) is 0 Å². The number of amides is 1. The molecule has 1 heterocycles. The van der Waals surface area contributed by atoms with E-state index in [1.54, 1.807) is 20.8 Å². The van der Waals surface area contributed by atoms with Gasteiger partial charge in [-0.2, -0.15) is 0 Å². The molecule has 0 unspecified atom stereocenters. The summed E-state index contributed by atoms with van der Waals surface area (Å²) in [6, 6.07) is 4.07. The molecule has 0 aliphatic rings. The second kappa shape index (κ2) is 6.56. The highest BCUT2D eigenvalue weighted by molar-refractivity contribution is 7.90.